The number of carbonyl (C=O) groups excluding carboxylic acids is 2. The highest BCUT2D eigenvalue weighted by atomic mass is 16.5. The van der Waals surface area contributed by atoms with Crippen molar-refractivity contribution < 1.29 is 14.3 Å². The van der Waals surface area contributed by atoms with Crippen molar-refractivity contribution in [1.82, 2.24) is 15.0 Å². The number of fused-ring (bicyclic) bond motifs is 1. The van der Waals surface area contributed by atoms with E-state index < -0.39 is 17.7 Å². The Kier molecular flexibility index (Phi) is 5.95. The van der Waals surface area contributed by atoms with Crippen molar-refractivity contribution in [2.45, 2.75) is 19.9 Å². The van der Waals surface area contributed by atoms with Crippen molar-refractivity contribution in [3.8, 4) is 5.88 Å². The molecule has 0 spiro atoms. The quantitative estimate of drug-likeness (QED) is 0.438. The maximum Gasteiger partial charge on any atom is 0.258 e. The number of benzene rings is 1. The molecule has 2 atom stereocenters. The summed E-state index contributed by atoms with van der Waals surface area (Å²) in [5.41, 5.74) is 12.4. The average Bonchev–Trinajstić information content (AvgIpc) is 2.72. The van der Waals surface area contributed by atoms with Gasteiger partial charge in [-0.2, -0.15) is 9.97 Å². The fourth-order valence-electron chi connectivity index (χ4n) is 2.83. The molecule has 2 aromatic heterocycles. The molecular formula is C20H23N7O3. The van der Waals surface area contributed by atoms with E-state index in [0.29, 0.717) is 5.69 Å². The Hall–Kier alpha value is -3.95. The van der Waals surface area contributed by atoms with Crippen molar-refractivity contribution in [3.63, 3.8) is 0 Å². The number of methoxy groups -OCH3 is 1. The first kappa shape index (κ1) is 20.8. The Morgan fingerprint density at radius 2 is 1.90 bits per heavy atom. The number of nitrogens with two attached hydrogens (primary N) is 2. The van der Waals surface area contributed by atoms with Gasteiger partial charge in [-0.1, -0.05) is 13.0 Å². The molecule has 2 heterocycles. The summed E-state index contributed by atoms with van der Waals surface area (Å²) in [5.74, 6) is -1.36. The summed E-state index contributed by atoms with van der Waals surface area (Å²) in [7, 11) is 1.37. The molecule has 6 N–H and O–H groups in total. The van der Waals surface area contributed by atoms with E-state index in [1.807, 2.05) is 24.3 Å². The van der Waals surface area contributed by atoms with Crippen LogP contribution in [0.1, 0.15) is 24.2 Å². The van der Waals surface area contributed by atoms with Crippen molar-refractivity contribution in [3.05, 3.63) is 42.1 Å². The van der Waals surface area contributed by atoms with Gasteiger partial charge in [-0.25, -0.2) is 0 Å². The molecule has 0 radical (unpaired) electrons. The molecule has 10 heteroatoms. The van der Waals surface area contributed by atoms with Crippen LogP contribution in [0, 0.1) is 5.92 Å². The summed E-state index contributed by atoms with van der Waals surface area (Å²) in [4.78, 5) is 36.4. The van der Waals surface area contributed by atoms with Crippen LogP contribution in [-0.4, -0.2) is 39.9 Å². The SMILES string of the molecule is COc1nc(NC(C)C(C)C(N)=O)nc(Nc2ccc3ncccc3c2)c1C(N)=O. The van der Waals surface area contributed by atoms with E-state index in [1.165, 1.54) is 7.11 Å². The summed E-state index contributed by atoms with van der Waals surface area (Å²) in [6.45, 7) is 3.47. The van der Waals surface area contributed by atoms with E-state index in [9.17, 15) is 9.59 Å². The van der Waals surface area contributed by atoms with E-state index in [4.69, 9.17) is 16.2 Å². The van der Waals surface area contributed by atoms with Crippen LogP contribution in [0.5, 0.6) is 5.88 Å². The van der Waals surface area contributed by atoms with Gasteiger partial charge >= 0.3 is 0 Å². The number of nitrogens with zero attached hydrogens (tertiary/aromatic N) is 3. The zero-order valence-corrected chi connectivity index (χ0v) is 16.8. The largest absolute Gasteiger partial charge is 0.480 e. The van der Waals surface area contributed by atoms with Crippen LogP contribution in [0.4, 0.5) is 17.5 Å². The number of amides is 2. The normalized spacial score (nSPS) is 12.8. The molecule has 10 nitrogen and oxygen atoms in total. The highest BCUT2D eigenvalue weighted by molar-refractivity contribution is 6.01. The van der Waals surface area contributed by atoms with Crippen LogP contribution in [-0.2, 0) is 4.79 Å². The number of aromatic nitrogens is 3. The summed E-state index contributed by atoms with van der Waals surface area (Å²) in [5, 5.41) is 7.02. The number of hydrogen-bond acceptors (Lipinski definition) is 8. The number of nitrogens with one attached hydrogen (secondary N) is 2. The number of carbonyl (C=O) groups is 2. The summed E-state index contributed by atoms with van der Waals surface area (Å²) < 4.78 is 5.25. The van der Waals surface area contributed by atoms with Crippen molar-refractivity contribution in [2.24, 2.45) is 17.4 Å². The lowest BCUT2D eigenvalue weighted by molar-refractivity contribution is -0.121. The van der Waals surface area contributed by atoms with Gasteiger partial charge < -0.3 is 26.8 Å². The lowest BCUT2D eigenvalue weighted by Gasteiger charge is -2.20. The number of pyridine rings is 1. The predicted molar refractivity (Wildman–Crippen MR) is 114 cm³/mol. The molecule has 0 saturated carbocycles. The van der Waals surface area contributed by atoms with Crippen molar-refractivity contribution in [1.29, 1.82) is 0 Å². The van der Waals surface area contributed by atoms with Crippen LogP contribution in [0.3, 0.4) is 0 Å². The van der Waals surface area contributed by atoms with Gasteiger partial charge in [0.2, 0.25) is 17.7 Å². The topological polar surface area (TPSA) is 158 Å². The Balaban J connectivity index is 2.01. The highest BCUT2D eigenvalue weighted by Crippen LogP contribution is 2.28. The average molecular weight is 409 g/mol. The van der Waals surface area contributed by atoms with Crippen LogP contribution in [0.25, 0.3) is 10.9 Å². The third-order valence-corrected chi connectivity index (χ3v) is 4.74. The molecule has 156 valence electrons. The third-order valence-electron chi connectivity index (χ3n) is 4.74. The molecule has 2 amide bonds. The Morgan fingerprint density at radius 3 is 2.57 bits per heavy atom. The lowest BCUT2D eigenvalue weighted by atomic mass is 10.0. The molecule has 3 rings (SSSR count). The van der Waals surface area contributed by atoms with E-state index in [0.717, 1.165) is 10.9 Å². The number of ether oxygens (including phenoxy) is 1. The van der Waals surface area contributed by atoms with Gasteiger partial charge in [-0.15, -0.1) is 0 Å². The lowest BCUT2D eigenvalue weighted by Crippen LogP contribution is -2.35. The van der Waals surface area contributed by atoms with Crippen molar-refractivity contribution >= 4 is 40.2 Å². The second-order valence-electron chi connectivity index (χ2n) is 6.80. The minimum absolute atomic E-state index is 0.00360. The number of hydrogen-bond donors (Lipinski definition) is 4. The van der Waals surface area contributed by atoms with Crippen LogP contribution >= 0.6 is 0 Å². The molecule has 1 aromatic carbocycles. The minimum atomic E-state index is -0.748. The zero-order chi connectivity index (χ0) is 21.8. The Morgan fingerprint density at radius 1 is 1.13 bits per heavy atom. The van der Waals surface area contributed by atoms with Crippen molar-refractivity contribution in [2.75, 3.05) is 17.7 Å². The Bertz CT molecular complexity index is 1100. The van der Waals surface area contributed by atoms with Gasteiger partial charge in [0.1, 0.15) is 5.56 Å². The smallest absolute Gasteiger partial charge is 0.258 e. The van der Waals surface area contributed by atoms with Gasteiger partial charge in [0.05, 0.1) is 18.5 Å². The van der Waals surface area contributed by atoms with Gasteiger partial charge in [-0.3, -0.25) is 14.6 Å². The molecule has 0 aliphatic heterocycles. The second-order valence-corrected chi connectivity index (χ2v) is 6.80. The molecule has 0 fully saturated rings. The monoisotopic (exact) mass is 409 g/mol. The highest BCUT2D eigenvalue weighted by Gasteiger charge is 2.23. The van der Waals surface area contributed by atoms with Crippen LogP contribution < -0.4 is 26.8 Å². The molecule has 0 aliphatic rings. The van der Waals surface area contributed by atoms with Gasteiger partial charge in [0.15, 0.2) is 5.82 Å². The molecule has 30 heavy (non-hydrogen) atoms. The maximum atomic E-state index is 12.1. The fourth-order valence-corrected chi connectivity index (χ4v) is 2.83. The molecule has 3 aromatic rings. The third kappa shape index (κ3) is 4.37. The first-order valence-electron chi connectivity index (χ1n) is 9.23. The zero-order valence-electron chi connectivity index (χ0n) is 16.8. The number of anilines is 3. The fraction of sp³-hybridized carbons (Fsp3) is 0.250. The van der Waals surface area contributed by atoms with Crippen LogP contribution in [0.15, 0.2) is 36.5 Å². The molecule has 0 saturated heterocycles. The van der Waals surface area contributed by atoms with E-state index >= 15 is 0 Å². The number of primary amides is 2. The summed E-state index contributed by atoms with van der Waals surface area (Å²) in [6, 6.07) is 8.91. The van der Waals surface area contributed by atoms with Crippen LogP contribution in [0.2, 0.25) is 0 Å². The molecular weight excluding hydrogens is 386 g/mol. The predicted octanol–water partition coefficient (Wildman–Crippen LogP) is 1.80. The first-order chi connectivity index (χ1) is 14.3. The summed E-state index contributed by atoms with van der Waals surface area (Å²) in [6.07, 6.45) is 1.71. The Labute approximate surface area is 173 Å². The number of rotatable bonds is 8. The standard InChI is InChI=1S/C20H23N7O3/c1-10(16(21)28)11(2)24-20-26-18(15(17(22)29)19(27-20)30-3)25-13-6-7-14-12(9-13)5-4-8-23-14/h4-11H,1-3H3,(H2,21,28)(H2,22,29)(H2,24,25,26,27). The molecule has 2 unspecified atom stereocenters. The minimum Gasteiger partial charge on any atom is -0.480 e. The van der Waals surface area contributed by atoms with E-state index in [-0.39, 0.29) is 29.3 Å². The van der Waals surface area contributed by atoms with E-state index in [1.54, 1.807) is 26.1 Å². The summed E-state index contributed by atoms with van der Waals surface area (Å²) >= 11 is 0. The molecule has 0 aliphatic carbocycles. The maximum absolute atomic E-state index is 12.1. The van der Waals surface area contributed by atoms with Gasteiger partial charge in [0, 0.05) is 23.3 Å². The molecule has 0 bridgehead atoms. The van der Waals surface area contributed by atoms with Gasteiger partial charge in [0.25, 0.3) is 5.91 Å². The second kappa shape index (κ2) is 8.60. The van der Waals surface area contributed by atoms with Gasteiger partial charge in [-0.05, 0) is 31.2 Å². The van der Waals surface area contributed by atoms with E-state index in [2.05, 4.69) is 25.6 Å². The first-order valence-corrected chi connectivity index (χ1v) is 9.23.